The Kier molecular flexibility index (Phi) is 5.27. The Hall–Kier alpha value is -2.18. The first-order valence-electron chi connectivity index (χ1n) is 9.87. The van der Waals surface area contributed by atoms with Gasteiger partial charge in [0, 0.05) is 38.3 Å². The third kappa shape index (κ3) is 4.22. The van der Waals surface area contributed by atoms with Crippen LogP contribution in [-0.2, 0) is 24.1 Å². The smallest absolute Gasteiger partial charge is 0.255 e. The fraction of sp³-hybridized carbons (Fsp3) is 0.524. The highest BCUT2D eigenvalue weighted by Gasteiger charge is 2.26. The molecule has 6 heteroatoms. The van der Waals surface area contributed by atoms with E-state index >= 15 is 0 Å². The van der Waals surface area contributed by atoms with Crippen LogP contribution in [0.5, 0.6) is 0 Å². The predicted octanol–water partition coefficient (Wildman–Crippen LogP) is 1.98. The molecule has 1 fully saturated rings. The molecule has 2 atom stereocenters. The van der Waals surface area contributed by atoms with Crippen molar-refractivity contribution in [3.05, 3.63) is 57.5 Å². The number of nitrogens with one attached hydrogen (secondary N) is 1. The molecular weight excluding hydrogens is 340 g/mol. The highest BCUT2D eigenvalue weighted by molar-refractivity contribution is 5.35. The summed E-state index contributed by atoms with van der Waals surface area (Å²) in [6.45, 7) is 8.27. The fourth-order valence-electron chi connectivity index (χ4n) is 4.10. The zero-order chi connectivity index (χ0) is 18.8. The zero-order valence-corrected chi connectivity index (χ0v) is 16.1. The van der Waals surface area contributed by atoms with Crippen molar-refractivity contribution >= 4 is 5.95 Å². The van der Waals surface area contributed by atoms with Crippen LogP contribution in [0.25, 0.3) is 0 Å². The Balaban J connectivity index is 1.48. The highest BCUT2D eigenvalue weighted by Crippen LogP contribution is 2.20. The number of hydrogen-bond donors (Lipinski definition) is 1. The molecule has 0 amide bonds. The van der Waals surface area contributed by atoms with Gasteiger partial charge < -0.3 is 9.64 Å². The van der Waals surface area contributed by atoms with Gasteiger partial charge in [0.05, 0.1) is 17.9 Å². The first kappa shape index (κ1) is 18.2. The van der Waals surface area contributed by atoms with Crippen LogP contribution in [0.4, 0.5) is 5.95 Å². The van der Waals surface area contributed by atoms with Crippen molar-refractivity contribution in [2.45, 2.75) is 45.4 Å². The molecule has 1 aromatic heterocycles. The predicted molar refractivity (Wildman–Crippen MR) is 106 cm³/mol. The molecule has 1 saturated heterocycles. The van der Waals surface area contributed by atoms with E-state index in [1.165, 1.54) is 5.56 Å². The van der Waals surface area contributed by atoms with Crippen LogP contribution in [0.1, 0.15) is 30.7 Å². The van der Waals surface area contributed by atoms with E-state index in [1.54, 1.807) is 0 Å². The molecule has 2 aliphatic heterocycles. The number of fused-ring (bicyclic) bond motifs is 1. The summed E-state index contributed by atoms with van der Waals surface area (Å²) in [7, 11) is 0. The van der Waals surface area contributed by atoms with E-state index < -0.39 is 0 Å². The van der Waals surface area contributed by atoms with Crippen LogP contribution < -0.4 is 10.5 Å². The summed E-state index contributed by atoms with van der Waals surface area (Å²) < 4.78 is 5.80. The second-order valence-electron chi connectivity index (χ2n) is 7.74. The number of rotatable bonds is 4. The summed E-state index contributed by atoms with van der Waals surface area (Å²) in [6.07, 6.45) is 2.06. The molecule has 0 aliphatic carbocycles. The van der Waals surface area contributed by atoms with Gasteiger partial charge in [0.1, 0.15) is 0 Å². The van der Waals surface area contributed by atoms with Crippen LogP contribution in [-0.4, -0.2) is 53.3 Å². The van der Waals surface area contributed by atoms with Crippen LogP contribution in [0.3, 0.4) is 0 Å². The number of hydrogen-bond acceptors (Lipinski definition) is 5. The number of nitrogens with zero attached hydrogens (tertiary/aromatic N) is 3. The normalized spacial score (nSPS) is 23.3. The first-order valence-corrected chi connectivity index (χ1v) is 9.87. The van der Waals surface area contributed by atoms with Gasteiger partial charge in [-0.15, -0.1) is 0 Å². The molecule has 1 N–H and O–H groups in total. The minimum atomic E-state index is 0.0181. The molecule has 0 bridgehead atoms. The van der Waals surface area contributed by atoms with E-state index in [0.717, 1.165) is 56.8 Å². The number of H-pyrrole nitrogens is 1. The molecule has 0 radical (unpaired) electrons. The molecule has 144 valence electrons. The Bertz CT molecular complexity index is 826. The van der Waals surface area contributed by atoms with Crippen molar-refractivity contribution in [2.24, 2.45) is 0 Å². The van der Waals surface area contributed by atoms with Crippen molar-refractivity contribution < 1.29 is 4.74 Å². The molecule has 0 saturated carbocycles. The molecule has 2 aromatic rings. The van der Waals surface area contributed by atoms with Crippen molar-refractivity contribution in [1.82, 2.24) is 14.9 Å². The topological polar surface area (TPSA) is 61.5 Å². The van der Waals surface area contributed by atoms with Gasteiger partial charge in [-0.25, -0.2) is 4.98 Å². The molecule has 1 aromatic carbocycles. The Morgan fingerprint density at radius 3 is 2.67 bits per heavy atom. The monoisotopic (exact) mass is 368 g/mol. The lowest BCUT2D eigenvalue weighted by molar-refractivity contribution is -0.00576. The van der Waals surface area contributed by atoms with E-state index in [-0.39, 0.29) is 17.8 Å². The molecule has 2 aliphatic rings. The maximum atomic E-state index is 12.6. The maximum absolute atomic E-state index is 12.6. The van der Waals surface area contributed by atoms with E-state index in [9.17, 15) is 4.79 Å². The van der Waals surface area contributed by atoms with E-state index in [1.807, 2.05) is 6.07 Å². The Labute approximate surface area is 160 Å². The molecule has 27 heavy (non-hydrogen) atoms. The summed E-state index contributed by atoms with van der Waals surface area (Å²) >= 11 is 0. The number of morpholine rings is 1. The van der Waals surface area contributed by atoms with Gasteiger partial charge >= 0.3 is 0 Å². The minimum Gasteiger partial charge on any atom is -0.372 e. The quantitative estimate of drug-likeness (QED) is 0.894. The summed E-state index contributed by atoms with van der Waals surface area (Å²) in [4.78, 5) is 25.0. The number of anilines is 1. The second kappa shape index (κ2) is 7.82. The van der Waals surface area contributed by atoms with Crippen LogP contribution in [0.2, 0.25) is 0 Å². The van der Waals surface area contributed by atoms with Crippen molar-refractivity contribution in [3.8, 4) is 0 Å². The molecular formula is C21H28N4O2. The van der Waals surface area contributed by atoms with Gasteiger partial charge in [0.25, 0.3) is 5.56 Å². The number of aromatic nitrogens is 2. The molecule has 0 spiro atoms. The minimum absolute atomic E-state index is 0.0181. The standard InChI is InChI=1S/C21H28N4O2/c1-15-12-25(13-16(2)27-15)21-22-19-14-24(11-9-18(19)20(26)23-21)10-8-17-6-4-3-5-7-17/h3-7,15-16H,8-14H2,1-2H3,(H,22,23,26)/t15-,16-/m0/s1. The van der Waals surface area contributed by atoms with Gasteiger partial charge in [0.2, 0.25) is 5.95 Å². The zero-order valence-electron chi connectivity index (χ0n) is 16.1. The van der Waals surface area contributed by atoms with Gasteiger partial charge in [-0.05, 0) is 32.3 Å². The van der Waals surface area contributed by atoms with Crippen LogP contribution >= 0.6 is 0 Å². The van der Waals surface area contributed by atoms with Crippen molar-refractivity contribution in [3.63, 3.8) is 0 Å². The average Bonchev–Trinajstić information content (AvgIpc) is 2.66. The lowest BCUT2D eigenvalue weighted by atomic mass is 10.1. The number of ether oxygens (including phenoxy) is 1. The van der Waals surface area contributed by atoms with Gasteiger partial charge in [-0.3, -0.25) is 14.7 Å². The number of aromatic amines is 1. The van der Waals surface area contributed by atoms with Gasteiger partial charge in [0.15, 0.2) is 0 Å². The Morgan fingerprint density at radius 1 is 1.19 bits per heavy atom. The van der Waals surface area contributed by atoms with Crippen LogP contribution in [0.15, 0.2) is 35.1 Å². The van der Waals surface area contributed by atoms with Crippen molar-refractivity contribution in [2.75, 3.05) is 31.1 Å². The summed E-state index contributed by atoms with van der Waals surface area (Å²) in [5, 5.41) is 0. The first-order chi connectivity index (χ1) is 13.1. The molecule has 0 unspecified atom stereocenters. The van der Waals surface area contributed by atoms with Crippen molar-refractivity contribution in [1.29, 1.82) is 0 Å². The van der Waals surface area contributed by atoms with E-state index in [2.05, 4.69) is 52.9 Å². The molecule has 6 nitrogen and oxygen atoms in total. The largest absolute Gasteiger partial charge is 0.372 e. The average molecular weight is 368 g/mol. The lowest BCUT2D eigenvalue weighted by Gasteiger charge is -2.36. The molecule has 4 rings (SSSR count). The highest BCUT2D eigenvalue weighted by atomic mass is 16.5. The van der Waals surface area contributed by atoms with Gasteiger partial charge in [-0.2, -0.15) is 0 Å². The van der Waals surface area contributed by atoms with Gasteiger partial charge in [-0.1, -0.05) is 30.3 Å². The third-order valence-corrected chi connectivity index (χ3v) is 5.42. The summed E-state index contributed by atoms with van der Waals surface area (Å²) in [6, 6.07) is 10.5. The van der Waals surface area contributed by atoms with Crippen LogP contribution in [0, 0.1) is 0 Å². The SMILES string of the molecule is C[C@H]1CN(c2nc3c(c(=O)[nH]2)CCN(CCc2ccccc2)C3)C[C@H](C)O1. The number of benzene rings is 1. The second-order valence-corrected chi connectivity index (χ2v) is 7.74. The van der Waals surface area contributed by atoms with E-state index in [4.69, 9.17) is 9.72 Å². The fourth-order valence-corrected chi connectivity index (χ4v) is 4.10. The van der Waals surface area contributed by atoms with E-state index in [0.29, 0.717) is 5.95 Å². The summed E-state index contributed by atoms with van der Waals surface area (Å²) in [5.41, 5.74) is 3.15. The Morgan fingerprint density at radius 2 is 1.93 bits per heavy atom. The summed E-state index contributed by atoms with van der Waals surface area (Å²) in [5.74, 6) is 0.686. The lowest BCUT2D eigenvalue weighted by Crippen LogP contribution is -2.47. The molecule has 3 heterocycles. The maximum Gasteiger partial charge on any atom is 0.255 e. The third-order valence-electron chi connectivity index (χ3n) is 5.42.